The fourth-order valence-corrected chi connectivity index (χ4v) is 10.0. The molecule has 1 atom stereocenters. The fraction of sp³-hybridized carbons (Fsp3) is 0.925. The van der Waals surface area contributed by atoms with Gasteiger partial charge in [-0.1, -0.05) is 207 Å². The molecule has 0 spiro atoms. The number of amides is 2. The zero-order valence-electron chi connectivity index (χ0n) is 39.7. The van der Waals surface area contributed by atoms with Gasteiger partial charge in [-0.15, -0.1) is 0 Å². The summed E-state index contributed by atoms with van der Waals surface area (Å²) in [5, 5.41) is 3.63. The Morgan fingerprint density at radius 1 is 0.552 bits per heavy atom. The molecule has 340 valence electrons. The van der Waals surface area contributed by atoms with E-state index in [2.05, 4.69) is 55.0 Å². The van der Waals surface area contributed by atoms with Gasteiger partial charge >= 0.3 is 0 Å². The maximum absolute atomic E-state index is 14.9. The first-order chi connectivity index (χ1) is 28.5. The number of allylic oxidation sites excluding steroid dienone is 2. The normalized spacial score (nSPS) is 16.6. The van der Waals surface area contributed by atoms with Crippen LogP contribution in [0.2, 0.25) is 0 Å². The van der Waals surface area contributed by atoms with Crippen molar-refractivity contribution in [3.05, 3.63) is 12.2 Å². The number of nitrogens with one attached hydrogen (secondary N) is 1. The topological polar surface area (TPSA) is 52.7 Å². The Hall–Kier alpha value is -1.36. The van der Waals surface area contributed by atoms with Crippen molar-refractivity contribution in [1.82, 2.24) is 15.1 Å². The highest BCUT2D eigenvalue weighted by atomic mass is 16.2. The van der Waals surface area contributed by atoms with Crippen LogP contribution in [0.15, 0.2) is 12.2 Å². The maximum atomic E-state index is 14.9. The summed E-state index contributed by atoms with van der Waals surface area (Å²) >= 11 is 0. The van der Waals surface area contributed by atoms with Crippen molar-refractivity contribution in [2.75, 3.05) is 19.6 Å². The Labute approximate surface area is 362 Å². The molecule has 2 amide bonds. The first kappa shape index (κ1) is 52.8. The van der Waals surface area contributed by atoms with E-state index in [0.717, 1.165) is 71.0 Å². The Bertz CT molecular complexity index is 949. The largest absolute Gasteiger partial charge is 0.352 e. The van der Waals surface area contributed by atoms with Gasteiger partial charge in [0.1, 0.15) is 6.04 Å². The average Bonchev–Trinajstić information content (AvgIpc) is 3.51. The van der Waals surface area contributed by atoms with Gasteiger partial charge < -0.3 is 15.1 Å². The summed E-state index contributed by atoms with van der Waals surface area (Å²) in [7, 11) is 0. The molecule has 5 heteroatoms. The lowest BCUT2D eigenvalue weighted by Crippen LogP contribution is -2.59. The Balaban J connectivity index is 2.17. The molecule has 1 saturated carbocycles. The van der Waals surface area contributed by atoms with Crippen LogP contribution in [-0.4, -0.2) is 59.4 Å². The van der Waals surface area contributed by atoms with E-state index in [1.54, 1.807) is 0 Å². The van der Waals surface area contributed by atoms with E-state index in [0.29, 0.717) is 6.42 Å². The van der Waals surface area contributed by atoms with Crippen molar-refractivity contribution >= 4 is 11.8 Å². The molecule has 0 aromatic rings. The van der Waals surface area contributed by atoms with E-state index in [1.807, 2.05) is 0 Å². The Morgan fingerprint density at radius 2 is 0.983 bits per heavy atom. The van der Waals surface area contributed by atoms with Crippen LogP contribution in [0.5, 0.6) is 0 Å². The molecule has 0 bridgehead atoms. The number of piperidine rings is 1. The smallest absolute Gasteiger partial charge is 0.243 e. The van der Waals surface area contributed by atoms with Crippen molar-refractivity contribution in [3.63, 3.8) is 0 Å². The summed E-state index contributed by atoms with van der Waals surface area (Å²) in [5.74, 6) is 0.716. The van der Waals surface area contributed by atoms with Gasteiger partial charge in [-0.2, -0.15) is 0 Å². The van der Waals surface area contributed by atoms with Crippen molar-refractivity contribution in [1.29, 1.82) is 0 Å². The van der Waals surface area contributed by atoms with Gasteiger partial charge in [0.05, 0.1) is 0 Å². The van der Waals surface area contributed by atoms with E-state index < -0.39 is 0 Å². The molecule has 2 rings (SSSR count). The highest BCUT2D eigenvalue weighted by Gasteiger charge is 2.41. The molecular formula is C53H101N3O2. The minimum Gasteiger partial charge on any atom is -0.352 e. The third kappa shape index (κ3) is 25.4. The molecule has 2 aliphatic rings. The highest BCUT2D eigenvalue weighted by molar-refractivity contribution is 5.88. The number of carbonyl (C=O) groups excluding carboxylic acids is 2. The highest BCUT2D eigenvalue weighted by Crippen LogP contribution is 2.31. The summed E-state index contributed by atoms with van der Waals surface area (Å²) in [6, 6.07) is 0.119. The van der Waals surface area contributed by atoms with Gasteiger partial charge in [-0.3, -0.25) is 9.59 Å². The van der Waals surface area contributed by atoms with Gasteiger partial charge in [-0.05, 0) is 96.2 Å². The molecule has 1 aliphatic heterocycles. The van der Waals surface area contributed by atoms with Gasteiger partial charge in [-0.25, -0.2) is 0 Å². The minimum atomic E-state index is -0.322. The Kier molecular flexibility index (Phi) is 34.0. The molecule has 1 saturated heterocycles. The molecule has 0 aromatic carbocycles. The van der Waals surface area contributed by atoms with E-state index in [-0.39, 0.29) is 35.9 Å². The summed E-state index contributed by atoms with van der Waals surface area (Å²) < 4.78 is 0. The van der Waals surface area contributed by atoms with Gasteiger partial charge in [0.15, 0.2) is 0 Å². The Morgan fingerprint density at radius 3 is 1.45 bits per heavy atom. The zero-order chi connectivity index (χ0) is 41.7. The van der Waals surface area contributed by atoms with Crippen LogP contribution >= 0.6 is 0 Å². The lowest BCUT2D eigenvalue weighted by Gasteiger charge is -2.44. The average molecular weight is 812 g/mol. The third-order valence-corrected chi connectivity index (χ3v) is 13.9. The number of likely N-dealkylation sites (tertiary alicyclic amines) is 1. The predicted molar refractivity (Wildman–Crippen MR) is 254 cm³/mol. The summed E-state index contributed by atoms with van der Waals surface area (Å²) in [6.07, 6.45) is 51.3. The molecular weight excluding hydrogens is 711 g/mol. The lowest BCUT2D eigenvalue weighted by molar-refractivity contribution is -0.147. The van der Waals surface area contributed by atoms with Crippen molar-refractivity contribution in [2.45, 2.75) is 290 Å². The second-order valence-corrected chi connectivity index (χ2v) is 19.0. The first-order valence-corrected chi connectivity index (χ1v) is 26.5. The molecule has 0 aromatic heterocycles. The summed E-state index contributed by atoms with van der Waals surface area (Å²) in [4.78, 5) is 34.6. The second-order valence-electron chi connectivity index (χ2n) is 19.0. The SMILES string of the molecule is CCCCCCCC/C=C\CCCCCCCC(=O)N(C(CCCCCCCCC)CCCCCCCCC)C(C(=O)NC1CCCCCC1)C1CCN(CC)CC1. The molecule has 2 fully saturated rings. The van der Waals surface area contributed by atoms with E-state index in [9.17, 15) is 9.59 Å². The molecule has 1 heterocycles. The van der Waals surface area contributed by atoms with Crippen LogP contribution in [-0.2, 0) is 9.59 Å². The van der Waals surface area contributed by atoms with Crippen LogP contribution in [0, 0.1) is 5.92 Å². The van der Waals surface area contributed by atoms with Crippen LogP contribution in [0.4, 0.5) is 0 Å². The van der Waals surface area contributed by atoms with Crippen molar-refractivity contribution in [3.8, 4) is 0 Å². The van der Waals surface area contributed by atoms with E-state index in [1.165, 1.54) is 186 Å². The molecule has 1 aliphatic carbocycles. The maximum Gasteiger partial charge on any atom is 0.243 e. The minimum absolute atomic E-state index is 0.177. The molecule has 1 N–H and O–H groups in total. The summed E-state index contributed by atoms with van der Waals surface area (Å²) in [5.41, 5.74) is 0. The van der Waals surface area contributed by atoms with Crippen LogP contribution in [0.3, 0.4) is 0 Å². The van der Waals surface area contributed by atoms with Crippen LogP contribution in [0.1, 0.15) is 272 Å². The number of carbonyl (C=O) groups is 2. The number of hydrogen-bond acceptors (Lipinski definition) is 3. The fourth-order valence-electron chi connectivity index (χ4n) is 10.0. The van der Waals surface area contributed by atoms with Crippen molar-refractivity contribution in [2.24, 2.45) is 5.92 Å². The zero-order valence-corrected chi connectivity index (χ0v) is 39.7. The number of unbranched alkanes of at least 4 members (excludes halogenated alkanes) is 23. The van der Waals surface area contributed by atoms with E-state index in [4.69, 9.17) is 0 Å². The lowest BCUT2D eigenvalue weighted by atomic mass is 9.85. The quantitative estimate of drug-likeness (QED) is 0.0386. The third-order valence-electron chi connectivity index (χ3n) is 13.9. The van der Waals surface area contributed by atoms with Crippen molar-refractivity contribution < 1.29 is 9.59 Å². The molecule has 1 unspecified atom stereocenters. The van der Waals surface area contributed by atoms with Gasteiger partial charge in [0, 0.05) is 18.5 Å². The summed E-state index contributed by atoms with van der Waals surface area (Å²) in [6.45, 7) is 12.3. The molecule has 58 heavy (non-hydrogen) atoms. The first-order valence-electron chi connectivity index (χ1n) is 26.5. The number of hydrogen-bond donors (Lipinski definition) is 1. The van der Waals surface area contributed by atoms with Crippen LogP contribution < -0.4 is 5.32 Å². The second kappa shape index (κ2) is 37.4. The molecule has 0 radical (unpaired) electrons. The van der Waals surface area contributed by atoms with Gasteiger partial charge in [0.2, 0.25) is 11.8 Å². The predicted octanol–water partition coefficient (Wildman–Crippen LogP) is 15.4. The molecule has 5 nitrogen and oxygen atoms in total. The number of nitrogens with zero attached hydrogens (tertiary/aromatic N) is 2. The van der Waals surface area contributed by atoms with Crippen LogP contribution in [0.25, 0.3) is 0 Å². The van der Waals surface area contributed by atoms with Gasteiger partial charge in [0.25, 0.3) is 0 Å². The van der Waals surface area contributed by atoms with E-state index >= 15 is 0 Å². The standard InChI is InChI=1S/C53H101N3O2/c1-5-9-12-15-18-19-20-21-22-23-24-25-28-31-38-43-51(57)56(50(41-36-29-26-16-13-10-6-2)42-37-30-27-17-14-11-7-3)52(48-44-46-55(8-4)47-45-48)53(58)54-49-39-34-32-33-35-40-49/h21-22,48-50,52H,5-20,23-47H2,1-4H3,(H,54,58)/b22-21-. The monoisotopic (exact) mass is 812 g/mol. The number of rotatable bonds is 37.